The zero-order valence-corrected chi connectivity index (χ0v) is 16.9. The predicted molar refractivity (Wildman–Crippen MR) is 115 cm³/mol. The van der Waals surface area contributed by atoms with Gasteiger partial charge in [0.05, 0.1) is 22.3 Å². The summed E-state index contributed by atoms with van der Waals surface area (Å²) in [4.78, 5) is 25.6. The maximum absolute atomic E-state index is 13.0. The Hall–Kier alpha value is -3.02. The van der Waals surface area contributed by atoms with Crippen LogP contribution < -0.4 is 15.2 Å². The molecule has 4 rings (SSSR count). The number of anilines is 1. The molecule has 3 aromatic carbocycles. The molecule has 0 atom stereocenters. The van der Waals surface area contributed by atoms with E-state index in [0.717, 1.165) is 15.8 Å². The number of fused-ring (bicyclic) bond motifs is 1. The second kappa shape index (κ2) is 7.78. The lowest BCUT2D eigenvalue weighted by Gasteiger charge is -2.15. The highest BCUT2D eigenvalue weighted by molar-refractivity contribution is 6.42. The molecule has 0 saturated carbocycles. The number of rotatable bonds is 4. The molecule has 1 aliphatic heterocycles. The van der Waals surface area contributed by atoms with Crippen molar-refractivity contribution in [2.75, 3.05) is 11.6 Å². The molecule has 0 unspecified atom stereocenters. The fraction of sp³-hybridized carbons (Fsp3) is 0.0909. The minimum atomic E-state index is -0.503. The Morgan fingerprint density at radius 2 is 1.83 bits per heavy atom. The monoisotopic (exact) mass is 426 g/mol. The van der Waals surface area contributed by atoms with Gasteiger partial charge in [-0.1, -0.05) is 53.5 Å². The molecular formula is C22H16Cl2N2O3. The number of benzene rings is 3. The topological polar surface area (TPSA) is 58.6 Å². The van der Waals surface area contributed by atoms with Crippen LogP contribution in [0.15, 0.2) is 60.2 Å². The Labute approximate surface area is 177 Å². The van der Waals surface area contributed by atoms with Crippen LogP contribution in [0.3, 0.4) is 0 Å². The first-order chi connectivity index (χ1) is 14.0. The number of halogens is 2. The van der Waals surface area contributed by atoms with Crippen molar-refractivity contribution in [2.45, 2.75) is 6.92 Å². The maximum atomic E-state index is 13.0. The predicted octanol–water partition coefficient (Wildman–Crippen LogP) is 5.01. The average molecular weight is 427 g/mol. The molecule has 0 aliphatic carbocycles. The molecule has 29 heavy (non-hydrogen) atoms. The highest BCUT2D eigenvalue weighted by Crippen LogP contribution is 2.33. The van der Waals surface area contributed by atoms with Gasteiger partial charge in [0, 0.05) is 5.56 Å². The van der Waals surface area contributed by atoms with Crippen LogP contribution in [-0.2, 0) is 9.59 Å². The largest absolute Gasteiger partial charge is 0.493 e. The number of nitrogens with one attached hydrogen (secondary N) is 1. The lowest BCUT2D eigenvalue weighted by molar-refractivity contribution is -0.117. The Kier molecular flexibility index (Phi) is 5.18. The minimum Gasteiger partial charge on any atom is -0.493 e. The van der Waals surface area contributed by atoms with Crippen molar-refractivity contribution in [3.63, 3.8) is 0 Å². The second-order valence-electron chi connectivity index (χ2n) is 6.37. The summed E-state index contributed by atoms with van der Waals surface area (Å²) in [5, 5.41) is 3.68. The first-order valence-electron chi connectivity index (χ1n) is 8.96. The molecule has 0 spiro atoms. The molecule has 7 heteroatoms. The molecule has 5 nitrogen and oxygen atoms in total. The molecule has 3 aromatic rings. The fourth-order valence-electron chi connectivity index (χ4n) is 3.21. The molecule has 1 saturated heterocycles. The van der Waals surface area contributed by atoms with Gasteiger partial charge in [0.1, 0.15) is 11.3 Å². The number of nitrogens with zero attached hydrogens (tertiary/aromatic N) is 1. The van der Waals surface area contributed by atoms with Crippen LogP contribution in [-0.4, -0.2) is 18.4 Å². The van der Waals surface area contributed by atoms with Gasteiger partial charge in [-0.05, 0) is 48.0 Å². The van der Waals surface area contributed by atoms with Crippen molar-refractivity contribution in [2.24, 2.45) is 0 Å². The molecule has 2 amide bonds. The summed E-state index contributed by atoms with van der Waals surface area (Å²) >= 11 is 12.0. The van der Waals surface area contributed by atoms with Gasteiger partial charge in [0.25, 0.3) is 11.8 Å². The molecule has 146 valence electrons. The van der Waals surface area contributed by atoms with Crippen molar-refractivity contribution >= 4 is 57.6 Å². The third kappa shape index (κ3) is 3.55. The van der Waals surface area contributed by atoms with Gasteiger partial charge in [-0.2, -0.15) is 0 Å². The van der Waals surface area contributed by atoms with Crippen LogP contribution in [0.4, 0.5) is 5.69 Å². The normalized spacial score (nSPS) is 15.3. The van der Waals surface area contributed by atoms with E-state index in [0.29, 0.717) is 28.6 Å². The lowest BCUT2D eigenvalue weighted by Crippen LogP contribution is -2.35. The molecule has 0 radical (unpaired) electrons. The van der Waals surface area contributed by atoms with Crippen LogP contribution in [0, 0.1) is 0 Å². The Morgan fingerprint density at radius 3 is 2.59 bits per heavy atom. The highest BCUT2D eigenvalue weighted by atomic mass is 35.5. The third-order valence-corrected chi connectivity index (χ3v) is 5.31. The maximum Gasteiger partial charge on any atom is 0.282 e. The van der Waals surface area contributed by atoms with Crippen LogP contribution in [0.25, 0.3) is 16.8 Å². The quantitative estimate of drug-likeness (QED) is 0.471. The van der Waals surface area contributed by atoms with Crippen molar-refractivity contribution in [3.05, 3.63) is 75.8 Å². The molecule has 1 aliphatic rings. The van der Waals surface area contributed by atoms with E-state index in [1.165, 1.54) is 6.07 Å². The molecule has 0 bridgehead atoms. The molecular weight excluding hydrogens is 411 g/mol. The van der Waals surface area contributed by atoms with Crippen LogP contribution in [0.1, 0.15) is 12.5 Å². The number of carbonyl (C=O) groups excluding carboxylic acids is 2. The summed E-state index contributed by atoms with van der Waals surface area (Å²) in [5.41, 5.74) is 3.68. The van der Waals surface area contributed by atoms with Gasteiger partial charge >= 0.3 is 0 Å². The average Bonchev–Trinajstić information content (AvgIpc) is 3.00. The molecule has 1 N–H and O–H groups in total. The van der Waals surface area contributed by atoms with E-state index in [2.05, 4.69) is 5.43 Å². The molecule has 1 heterocycles. The van der Waals surface area contributed by atoms with Gasteiger partial charge in [-0.25, -0.2) is 5.01 Å². The second-order valence-corrected chi connectivity index (χ2v) is 7.18. The summed E-state index contributed by atoms with van der Waals surface area (Å²) in [6, 6.07) is 16.2. The van der Waals surface area contributed by atoms with Crippen LogP contribution in [0.5, 0.6) is 5.75 Å². The summed E-state index contributed by atoms with van der Waals surface area (Å²) in [5.74, 6) is -0.382. The first-order valence-corrected chi connectivity index (χ1v) is 9.72. The smallest absolute Gasteiger partial charge is 0.282 e. The standard InChI is InChI=1S/C22H16Cl2N2O3/c1-2-29-20-10-7-13-5-3-4-6-15(13)16(20)12-17-21(27)25-26(22(17)28)14-8-9-18(23)19(24)11-14/h3-12H,2H2,1H3,(H,25,27). The van der Waals surface area contributed by atoms with E-state index in [9.17, 15) is 9.59 Å². The SMILES string of the molecule is CCOc1ccc2ccccc2c1C=C1C(=O)NN(c2ccc(Cl)c(Cl)c2)C1=O. The number of ether oxygens (including phenoxy) is 1. The van der Waals surface area contributed by atoms with E-state index in [4.69, 9.17) is 27.9 Å². The third-order valence-electron chi connectivity index (χ3n) is 4.57. The van der Waals surface area contributed by atoms with E-state index in [-0.39, 0.29) is 10.6 Å². The van der Waals surface area contributed by atoms with Gasteiger partial charge < -0.3 is 4.74 Å². The Morgan fingerprint density at radius 1 is 1.03 bits per heavy atom. The Bertz CT molecular complexity index is 1170. The lowest BCUT2D eigenvalue weighted by atomic mass is 10.0. The van der Waals surface area contributed by atoms with Crippen molar-refractivity contribution < 1.29 is 14.3 Å². The zero-order valence-electron chi connectivity index (χ0n) is 15.4. The summed E-state index contributed by atoms with van der Waals surface area (Å²) in [6.45, 7) is 2.34. The van der Waals surface area contributed by atoms with Gasteiger partial charge in [-0.15, -0.1) is 0 Å². The number of amides is 2. The van der Waals surface area contributed by atoms with Gasteiger partial charge in [0.2, 0.25) is 0 Å². The van der Waals surface area contributed by atoms with Crippen molar-refractivity contribution in [3.8, 4) is 5.75 Å². The number of hydrazine groups is 1. The van der Waals surface area contributed by atoms with Gasteiger partial charge in [-0.3, -0.25) is 15.0 Å². The molecule has 0 aromatic heterocycles. The van der Waals surface area contributed by atoms with E-state index >= 15 is 0 Å². The van der Waals surface area contributed by atoms with E-state index < -0.39 is 11.8 Å². The summed E-state index contributed by atoms with van der Waals surface area (Å²) < 4.78 is 5.73. The number of hydrogen-bond donors (Lipinski definition) is 1. The summed E-state index contributed by atoms with van der Waals surface area (Å²) in [7, 11) is 0. The van der Waals surface area contributed by atoms with Gasteiger partial charge in [0.15, 0.2) is 0 Å². The van der Waals surface area contributed by atoms with E-state index in [1.54, 1.807) is 18.2 Å². The van der Waals surface area contributed by atoms with Crippen LogP contribution >= 0.6 is 23.2 Å². The number of hydrogen-bond acceptors (Lipinski definition) is 3. The minimum absolute atomic E-state index is 0.00776. The van der Waals surface area contributed by atoms with E-state index in [1.807, 2.05) is 43.3 Å². The number of carbonyl (C=O) groups is 2. The zero-order chi connectivity index (χ0) is 20.5. The van der Waals surface area contributed by atoms with Crippen molar-refractivity contribution in [1.29, 1.82) is 0 Å². The fourth-order valence-corrected chi connectivity index (χ4v) is 3.51. The van der Waals surface area contributed by atoms with Crippen molar-refractivity contribution in [1.82, 2.24) is 5.43 Å². The first kappa shape index (κ1) is 19.3. The summed E-state index contributed by atoms with van der Waals surface area (Å²) in [6.07, 6.45) is 1.57. The van der Waals surface area contributed by atoms with Crippen LogP contribution in [0.2, 0.25) is 10.0 Å². The molecule has 1 fully saturated rings. The Balaban J connectivity index is 1.80. The highest BCUT2D eigenvalue weighted by Gasteiger charge is 2.35.